The van der Waals surface area contributed by atoms with E-state index >= 15 is 0 Å². The molecule has 0 fully saturated rings. The van der Waals surface area contributed by atoms with E-state index in [0.717, 1.165) is 31.4 Å². The van der Waals surface area contributed by atoms with Gasteiger partial charge >= 0.3 is 0 Å². The van der Waals surface area contributed by atoms with Crippen LogP contribution in [-0.4, -0.2) is 18.1 Å². The summed E-state index contributed by atoms with van der Waals surface area (Å²) < 4.78 is 1.30. The molecule has 18 heavy (non-hydrogen) atoms. The molecule has 2 aromatic rings. The molecule has 0 unspecified atom stereocenters. The first-order valence-corrected chi connectivity index (χ1v) is 7.41. The van der Waals surface area contributed by atoms with Gasteiger partial charge in [-0.2, -0.15) is 0 Å². The third kappa shape index (κ3) is 4.07. The minimum absolute atomic E-state index is 0.371. The molecular weight excluding hydrogens is 240 g/mol. The van der Waals surface area contributed by atoms with Crippen molar-refractivity contribution >= 4 is 21.6 Å². The number of aromatic nitrogens is 1. The summed E-state index contributed by atoms with van der Waals surface area (Å²) in [4.78, 5) is 4.65. The number of benzene rings is 1. The molecule has 1 aromatic carbocycles. The Kier molecular flexibility index (Phi) is 4.36. The maximum absolute atomic E-state index is 4.65. The molecule has 0 aliphatic heterocycles. The highest BCUT2D eigenvalue weighted by Gasteiger charge is 2.08. The van der Waals surface area contributed by atoms with Gasteiger partial charge in [-0.25, -0.2) is 4.98 Å². The summed E-state index contributed by atoms with van der Waals surface area (Å²) in [6.45, 7) is 8.93. The van der Waals surface area contributed by atoms with Crippen LogP contribution in [0.2, 0.25) is 0 Å². The number of nitrogens with zero attached hydrogens (tertiary/aromatic N) is 1. The molecule has 1 N–H and O–H groups in total. The Labute approximate surface area is 113 Å². The van der Waals surface area contributed by atoms with Gasteiger partial charge in [0.05, 0.1) is 15.2 Å². The molecule has 1 heterocycles. The van der Waals surface area contributed by atoms with Crippen LogP contribution in [0.25, 0.3) is 10.2 Å². The van der Waals surface area contributed by atoms with Crippen LogP contribution in [0, 0.1) is 5.41 Å². The lowest BCUT2D eigenvalue weighted by atomic mass is 9.97. The van der Waals surface area contributed by atoms with Gasteiger partial charge in [-0.05, 0) is 37.1 Å². The summed E-state index contributed by atoms with van der Waals surface area (Å²) >= 11 is 1.82. The Morgan fingerprint density at radius 1 is 1.22 bits per heavy atom. The molecule has 0 bridgehead atoms. The summed E-state index contributed by atoms with van der Waals surface area (Å²) in [5.41, 5.74) is 1.51. The molecule has 0 aliphatic rings. The Bertz CT molecular complexity index is 463. The second-order valence-electron chi connectivity index (χ2n) is 5.92. The lowest BCUT2D eigenvalue weighted by Crippen LogP contribution is -2.27. The minimum Gasteiger partial charge on any atom is -0.316 e. The SMILES string of the molecule is CC(C)(C)CNCCCc1nc2ccccc2s1. The predicted octanol–water partition coefficient (Wildman–Crippen LogP) is 3.86. The zero-order chi connectivity index (χ0) is 13.0. The maximum atomic E-state index is 4.65. The lowest BCUT2D eigenvalue weighted by Gasteiger charge is -2.18. The number of nitrogens with one attached hydrogen (secondary N) is 1. The summed E-state index contributed by atoms with van der Waals surface area (Å²) in [6, 6.07) is 8.37. The zero-order valence-electron chi connectivity index (χ0n) is 11.5. The molecule has 2 rings (SSSR count). The number of rotatable bonds is 5. The first-order valence-electron chi connectivity index (χ1n) is 6.60. The van der Waals surface area contributed by atoms with Gasteiger partial charge in [0.25, 0.3) is 0 Å². The van der Waals surface area contributed by atoms with Crippen LogP contribution >= 0.6 is 11.3 Å². The van der Waals surface area contributed by atoms with Gasteiger partial charge in [-0.15, -0.1) is 11.3 Å². The Morgan fingerprint density at radius 2 is 2.00 bits per heavy atom. The molecular formula is C15H22N2S. The van der Waals surface area contributed by atoms with Gasteiger partial charge in [0.1, 0.15) is 0 Å². The molecule has 0 aliphatic carbocycles. The van der Waals surface area contributed by atoms with Gasteiger partial charge < -0.3 is 5.32 Å². The van der Waals surface area contributed by atoms with Crippen molar-refractivity contribution < 1.29 is 0 Å². The Morgan fingerprint density at radius 3 is 2.72 bits per heavy atom. The Balaban J connectivity index is 1.77. The second-order valence-corrected chi connectivity index (χ2v) is 7.03. The van der Waals surface area contributed by atoms with Crippen molar-refractivity contribution in [2.24, 2.45) is 5.41 Å². The quantitative estimate of drug-likeness (QED) is 0.828. The summed E-state index contributed by atoms with van der Waals surface area (Å²) in [7, 11) is 0. The highest BCUT2D eigenvalue weighted by Crippen LogP contribution is 2.22. The van der Waals surface area contributed by atoms with Crippen LogP contribution in [0.15, 0.2) is 24.3 Å². The summed E-state index contributed by atoms with van der Waals surface area (Å²) in [6.07, 6.45) is 2.24. The van der Waals surface area contributed by atoms with Crippen LogP contribution in [-0.2, 0) is 6.42 Å². The van der Waals surface area contributed by atoms with E-state index in [2.05, 4.69) is 55.3 Å². The van der Waals surface area contributed by atoms with E-state index in [4.69, 9.17) is 0 Å². The number of hydrogen-bond donors (Lipinski definition) is 1. The largest absolute Gasteiger partial charge is 0.316 e. The van der Waals surface area contributed by atoms with Crippen molar-refractivity contribution in [2.45, 2.75) is 33.6 Å². The van der Waals surface area contributed by atoms with E-state index in [9.17, 15) is 0 Å². The Hall–Kier alpha value is -0.930. The van der Waals surface area contributed by atoms with Crippen LogP contribution in [0.5, 0.6) is 0 Å². The van der Waals surface area contributed by atoms with Crippen molar-refractivity contribution in [3.63, 3.8) is 0 Å². The van der Waals surface area contributed by atoms with Crippen LogP contribution in [0.4, 0.5) is 0 Å². The van der Waals surface area contributed by atoms with Crippen molar-refractivity contribution in [1.29, 1.82) is 0 Å². The van der Waals surface area contributed by atoms with E-state index in [1.54, 1.807) is 0 Å². The molecule has 0 amide bonds. The topological polar surface area (TPSA) is 24.9 Å². The standard InChI is InChI=1S/C15H22N2S/c1-15(2,3)11-16-10-6-9-14-17-12-7-4-5-8-13(12)18-14/h4-5,7-8,16H,6,9-11H2,1-3H3. The first-order chi connectivity index (χ1) is 8.54. The minimum atomic E-state index is 0.371. The van der Waals surface area contributed by atoms with E-state index in [0.29, 0.717) is 5.41 Å². The molecule has 0 spiro atoms. The zero-order valence-corrected chi connectivity index (χ0v) is 12.3. The maximum Gasteiger partial charge on any atom is 0.0939 e. The third-order valence-corrected chi connectivity index (χ3v) is 3.83. The molecule has 2 nitrogen and oxygen atoms in total. The lowest BCUT2D eigenvalue weighted by molar-refractivity contribution is 0.379. The molecule has 1 aromatic heterocycles. The monoisotopic (exact) mass is 262 g/mol. The van der Waals surface area contributed by atoms with Gasteiger partial charge in [0.2, 0.25) is 0 Å². The number of aryl methyl sites for hydroxylation is 1. The molecule has 0 saturated heterocycles. The fraction of sp³-hybridized carbons (Fsp3) is 0.533. The van der Waals surface area contributed by atoms with Gasteiger partial charge in [0.15, 0.2) is 0 Å². The van der Waals surface area contributed by atoms with Crippen LogP contribution < -0.4 is 5.32 Å². The summed E-state index contributed by atoms with van der Waals surface area (Å²) in [5, 5.41) is 4.76. The highest BCUT2D eigenvalue weighted by atomic mass is 32.1. The van der Waals surface area contributed by atoms with Crippen molar-refractivity contribution in [1.82, 2.24) is 10.3 Å². The summed E-state index contributed by atoms with van der Waals surface area (Å²) in [5.74, 6) is 0. The smallest absolute Gasteiger partial charge is 0.0939 e. The van der Waals surface area contributed by atoms with E-state index < -0.39 is 0 Å². The van der Waals surface area contributed by atoms with Crippen LogP contribution in [0.3, 0.4) is 0 Å². The predicted molar refractivity (Wildman–Crippen MR) is 80.3 cm³/mol. The average molecular weight is 262 g/mol. The third-order valence-electron chi connectivity index (χ3n) is 2.74. The van der Waals surface area contributed by atoms with E-state index in [-0.39, 0.29) is 0 Å². The van der Waals surface area contributed by atoms with Gasteiger partial charge in [0, 0.05) is 6.42 Å². The number of hydrogen-bond acceptors (Lipinski definition) is 3. The fourth-order valence-corrected chi connectivity index (χ4v) is 2.86. The van der Waals surface area contributed by atoms with E-state index in [1.807, 2.05) is 11.3 Å². The first kappa shape index (κ1) is 13.5. The number of para-hydroxylation sites is 1. The molecule has 0 saturated carbocycles. The van der Waals surface area contributed by atoms with Crippen molar-refractivity contribution in [2.75, 3.05) is 13.1 Å². The second kappa shape index (κ2) is 5.81. The van der Waals surface area contributed by atoms with Crippen molar-refractivity contribution in [3.8, 4) is 0 Å². The van der Waals surface area contributed by atoms with Gasteiger partial charge in [-0.3, -0.25) is 0 Å². The van der Waals surface area contributed by atoms with Crippen molar-refractivity contribution in [3.05, 3.63) is 29.3 Å². The van der Waals surface area contributed by atoms with E-state index in [1.165, 1.54) is 9.71 Å². The highest BCUT2D eigenvalue weighted by molar-refractivity contribution is 7.18. The number of thiazole rings is 1. The number of fused-ring (bicyclic) bond motifs is 1. The molecule has 3 heteroatoms. The average Bonchev–Trinajstić information content (AvgIpc) is 2.69. The van der Waals surface area contributed by atoms with Crippen LogP contribution in [0.1, 0.15) is 32.2 Å². The fourth-order valence-electron chi connectivity index (χ4n) is 1.85. The molecule has 0 radical (unpaired) electrons. The molecule has 98 valence electrons. The van der Waals surface area contributed by atoms with Gasteiger partial charge in [-0.1, -0.05) is 32.9 Å². The normalized spacial score (nSPS) is 12.2. The molecule has 0 atom stereocenters.